The van der Waals surface area contributed by atoms with E-state index in [1.807, 2.05) is 0 Å². The summed E-state index contributed by atoms with van der Waals surface area (Å²) < 4.78 is 3.51. The van der Waals surface area contributed by atoms with Crippen LogP contribution in [0.25, 0.3) is 11.3 Å². The Kier molecular flexibility index (Phi) is 2.79. The van der Waals surface area contributed by atoms with Crippen molar-refractivity contribution < 1.29 is 14.8 Å². The Balaban J connectivity index is 2.64. The second kappa shape index (κ2) is 4.26. The van der Waals surface area contributed by atoms with E-state index in [2.05, 4.69) is 9.59 Å². The van der Waals surface area contributed by atoms with Gasteiger partial charge in [0.15, 0.2) is 4.88 Å². The van der Waals surface area contributed by atoms with E-state index in [9.17, 15) is 14.9 Å². The molecule has 1 N–H and O–H groups in total. The van der Waals surface area contributed by atoms with E-state index in [0.717, 1.165) is 0 Å². The van der Waals surface area contributed by atoms with Crippen molar-refractivity contribution in [1.82, 2.24) is 9.59 Å². The lowest BCUT2D eigenvalue weighted by atomic mass is 10.1. The third kappa shape index (κ3) is 1.97. The molecule has 17 heavy (non-hydrogen) atoms. The molecule has 0 saturated heterocycles. The Bertz CT molecular complexity index is 595. The van der Waals surface area contributed by atoms with Gasteiger partial charge < -0.3 is 5.11 Å². The standard InChI is InChI=1S/C9H5N3O4S/c13-9(14)8-7(10-11-17-8)5-3-1-2-4-6(5)12(15)16/h1-4H,(H,13,14). The molecule has 2 rings (SSSR count). The van der Waals surface area contributed by atoms with Crippen molar-refractivity contribution in [3.05, 3.63) is 39.3 Å². The van der Waals surface area contributed by atoms with Crippen molar-refractivity contribution in [2.75, 3.05) is 0 Å². The van der Waals surface area contributed by atoms with Gasteiger partial charge in [-0.3, -0.25) is 10.1 Å². The highest BCUT2D eigenvalue weighted by Gasteiger charge is 2.23. The summed E-state index contributed by atoms with van der Waals surface area (Å²) in [4.78, 5) is 21.0. The van der Waals surface area contributed by atoms with E-state index in [4.69, 9.17) is 5.11 Å². The first-order valence-electron chi connectivity index (χ1n) is 4.40. The summed E-state index contributed by atoms with van der Waals surface area (Å²) in [5.74, 6) is -1.20. The third-order valence-electron chi connectivity index (χ3n) is 2.04. The molecule has 0 fully saturated rings. The van der Waals surface area contributed by atoms with Gasteiger partial charge in [-0.05, 0) is 17.6 Å². The number of nitro groups is 1. The Morgan fingerprint density at radius 1 is 1.41 bits per heavy atom. The average Bonchev–Trinajstić information content (AvgIpc) is 2.77. The molecule has 2 aromatic rings. The zero-order valence-electron chi connectivity index (χ0n) is 8.23. The Labute approximate surface area is 98.7 Å². The summed E-state index contributed by atoms with van der Waals surface area (Å²) in [5, 5.41) is 23.4. The van der Waals surface area contributed by atoms with Crippen LogP contribution < -0.4 is 0 Å². The van der Waals surface area contributed by atoms with Crippen molar-refractivity contribution in [1.29, 1.82) is 0 Å². The largest absolute Gasteiger partial charge is 0.477 e. The predicted octanol–water partition coefficient (Wildman–Crippen LogP) is 1.81. The van der Waals surface area contributed by atoms with E-state index >= 15 is 0 Å². The molecule has 0 atom stereocenters. The first kappa shape index (κ1) is 11.1. The molecule has 1 aromatic carbocycles. The molecule has 0 aliphatic rings. The van der Waals surface area contributed by atoms with Crippen LogP contribution in [0.15, 0.2) is 24.3 Å². The van der Waals surface area contributed by atoms with Crippen LogP contribution in [0.5, 0.6) is 0 Å². The Hall–Kier alpha value is -2.35. The molecule has 1 aromatic heterocycles. The van der Waals surface area contributed by atoms with Crippen LogP contribution in [0.1, 0.15) is 9.67 Å². The molecule has 0 radical (unpaired) electrons. The zero-order chi connectivity index (χ0) is 12.4. The van der Waals surface area contributed by atoms with Crippen LogP contribution in [-0.4, -0.2) is 25.6 Å². The number of aromatic nitrogens is 2. The van der Waals surface area contributed by atoms with Gasteiger partial charge >= 0.3 is 5.97 Å². The molecule has 0 aliphatic carbocycles. The third-order valence-corrected chi connectivity index (χ3v) is 2.75. The van der Waals surface area contributed by atoms with Gasteiger partial charge in [-0.2, -0.15) is 0 Å². The lowest BCUT2D eigenvalue weighted by Gasteiger charge is -1.99. The molecule has 7 nitrogen and oxygen atoms in total. The Morgan fingerprint density at radius 2 is 2.12 bits per heavy atom. The van der Waals surface area contributed by atoms with Gasteiger partial charge in [-0.1, -0.05) is 16.6 Å². The van der Waals surface area contributed by atoms with Gasteiger partial charge in [0.2, 0.25) is 0 Å². The maximum absolute atomic E-state index is 10.9. The number of para-hydroxylation sites is 1. The monoisotopic (exact) mass is 251 g/mol. The fourth-order valence-electron chi connectivity index (χ4n) is 1.34. The fraction of sp³-hybridized carbons (Fsp3) is 0. The molecule has 0 bridgehead atoms. The summed E-state index contributed by atoms with van der Waals surface area (Å²) in [5.41, 5.74) is -0.0128. The van der Waals surface area contributed by atoms with Crippen molar-refractivity contribution in [3.8, 4) is 11.3 Å². The van der Waals surface area contributed by atoms with Crippen LogP contribution in [-0.2, 0) is 0 Å². The highest BCUT2D eigenvalue weighted by molar-refractivity contribution is 7.08. The van der Waals surface area contributed by atoms with Crippen molar-refractivity contribution in [2.24, 2.45) is 0 Å². The molecule has 86 valence electrons. The van der Waals surface area contributed by atoms with E-state index in [1.54, 1.807) is 6.07 Å². The normalized spacial score (nSPS) is 10.1. The number of hydrogen-bond donors (Lipinski definition) is 1. The predicted molar refractivity (Wildman–Crippen MR) is 59.0 cm³/mol. The number of carboxylic acid groups (broad SMARTS) is 1. The van der Waals surface area contributed by atoms with Crippen LogP contribution in [0, 0.1) is 10.1 Å². The summed E-state index contributed by atoms with van der Waals surface area (Å²) >= 11 is 0.690. The minimum absolute atomic E-state index is 0.0230. The molecule has 0 amide bonds. The smallest absolute Gasteiger partial charge is 0.349 e. The van der Waals surface area contributed by atoms with Gasteiger partial charge in [0.1, 0.15) is 5.69 Å². The lowest BCUT2D eigenvalue weighted by Crippen LogP contribution is -1.98. The van der Waals surface area contributed by atoms with Crippen LogP contribution in [0.4, 0.5) is 5.69 Å². The number of benzene rings is 1. The van der Waals surface area contributed by atoms with Crippen LogP contribution in [0.2, 0.25) is 0 Å². The highest BCUT2D eigenvalue weighted by Crippen LogP contribution is 2.31. The highest BCUT2D eigenvalue weighted by atomic mass is 32.1. The SMILES string of the molecule is O=C(O)c1snnc1-c1ccccc1[N+](=O)[O-]. The molecule has 1 heterocycles. The molecular weight excluding hydrogens is 246 g/mol. The van der Waals surface area contributed by atoms with Crippen molar-refractivity contribution in [2.45, 2.75) is 0 Å². The molecule has 0 aliphatic heterocycles. The maximum Gasteiger partial charge on any atom is 0.349 e. The van der Waals surface area contributed by atoms with E-state index < -0.39 is 10.9 Å². The molecular formula is C9H5N3O4S. The molecule has 0 spiro atoms. The van der Waals surface area contributed by atoms with E-state index in [-0.39, 0.29) is 21.8 Å². The first-order valence-corrected chi connectivity index (χ1v) is 5.18. The van der Waals surface area contributed by atoms with Crippen molar-refractivity contribution in [3.63, 3.8) is 0 Å². The maximum atomic E-state index is 10.9. The van der Waals surface area contributed by atoms with Crippen LogP contribution >= 0.6 is 11.5 Å². The average molecular weight is 251 g/mol. The molecule has 0 unspecified atom stereocenters. The first-order chi connectivity index (χ1) is 8.11. The minimum atomic E-state index is -1.20. The Morgan fingerprint density at radius 3 is 2.76 bits per heavy atom. The number of nitro benzene ring substituents is 1. The zero-order valence-corrected chi connectivity index (χ0v) is 9.05. The minimum Gasteiger partial charge on any atom is -0.477 e. The summed E-state index contributed by atoms with van der Waals surface area (Å²) in [7, 11) is 0. The van der Waals surface area contributed by atoms with Crippen molar-refractivity contribution >= 4 is 23.2 Å². The number of rotatable bonds is 3. The van der Waals surface area contributed by atoms with Gasteiger partial charge in [-0.25, -0.2) is 4.79 Å². The summed E-state index contributed by atoms with van der Waals surface area (Å²) in [6, 6.07) is 5.82. The lowest BCUT2D eigenvalue weighted by molar-refractivity contribution is -0.384. The second-order valence-electron chi connectivity index (χ2n) is 3.03. The van der Waals surface area contributed by atoms with Crippen LogP contribution in [0.3, 0.4) is 0 Å². The van der Waals surface area contributed by atoms with Gasteiger partial charge in [0.05, 0.1) is 10.5 Å². The van der Waals surface area contributed by atoms with E-state index in [1.165, 1.54) is 18.2 Å². The number of aromatic carboxylic acids is 1. The molecule has 0 saturated carbocycles. The van der Waals surface area contributed by atoms with E-state index in [0.29, 0.717) is 11.5 Å². The second-order valence-corrected chi connectivity index (χ2v) is 3.78. The van der Waals surface area contributed by atoms with Gasteiger partial charge in [0.25, 0.3) is 5.69 Å². The number of nitrogens with zero attached hydrogens (tertiary/aromatic N) is 3. The number of hydrogen-bond acceptors (Lipinski definition) is 6. The quantitative estimate of drug-likeness (QED) is 0.658. The summed E-state index contributed by atoms with van der Waals surface area (Å²) in [6.45, 7) is 0. The fourth-order valence-corrected chi connectivity index (χ4v) is 1.86. The number of carbonyl (C=O) groups is 1. The summed E-state index contributed by atoms with van der Waals surface area (Å²) in [6.07, 6.45) is 0. The topological polar surface area (TPSA) is 106 Å². The molecule has 8 heteroatoms. The number of carboxylic acids is 1. The van der Waals surface area contributed by atoms with Gasteiger partial charge in [-0.15, -0.1) is 5.10 Å². The van der Waals surface area contributed by atoms with Gasteiger partial charge in [0, 0.05) is 6.07 Å².